The lowest BCUT2D eigenvalue weighted by Gasteiger charge is -2.29. The molecule has 1 aliphatic carbocycles. The standard InChI is InChI=1S/C21H33NO4/c1-4-11-22-12-13-25-18-9-6-10-19(14-18)26-15-17-8-5-7-16(2)20(17)21(23)24-3/h5,7-8,18-19,22H,4,6,9-15H2,1-3H3/t18-,19+/m0/s1. The number of carbonyl (C=O) groups is 1. The highest BCUT2D eigenvalue weighted by atomic mass is 16.5. The lowest BCUT2D eigenvalue weighted by molar-refractivity contribution is -0.0495. The first kappa shape index (κ1) is 20.9. The maximum Gasteiger partial charge on any atom is 0.338 e. The molecule has 0 unspecified atom stereocenters. The molecule has 0 spiro atoms. The maximum atomic E-state index is 12.0. The molecule has 2 rings (SSSR count). The molecule has 1 fully saturated rings. The van der Waals surface area contributed by atoms with Gasteiger partial charge in [-0.15, -0.1) is 0 Å². The van der Waals surface area contributed by atoms with E-state index in [-0.39, 0.29) is 18.2 Å². The molecule has 1 aromatic rings. The van der Waals surface area contributed by atoms with Crippen molar-refractivity contribution in [3.63, 3.8) is 0 Å². The first-order valence-electron chi connectivity index (χ1n) is 9.76. The zero-order valence-corrected chi connectivity index (χ0v) is 16.4. The highest BCUT2D eigenvalue weighted by Crippen LogP contribution is 2.25. The first-order valence-corrected chi connectivity index (χ1v) is 9.76. The summed E-state index contributed by atoms with van der Waals surface area (Å²) in [5, 5.41) is 3.36. The summed E-state index contributed by atoms with van der Waals surface area (Å²) in [4.78, 5) is 12.0. The van der Waals surface area contributed by atoms with Crippen LogP contribution < -0.4 is 5.32 Å². The van der Waals surface area contributed by atoms with Crippen LogP contribution in [0.15, 0.2) is 18.2 Å². The van der Waals surface area contributed by atoms with Crippen LogP contribution in [0.5, 0.6) is 0 Å². The number of benzene rings is 1. The number of methoxy groups -OCH3 is 1. The summed E-state index contributed by atoms with van der Waals surface area (Å²) >= 11 is 0. The van der Waals surface area contributed by atoms with E-state index in [2.05, 4.69) is 12.2 Å². The maximum absolute atomic E-state index is 12.0. The first-order chi connectivity index (χ1) is 12.7. The molecule has 5 nitrogen and oxygen atoms in total. The SMILES string of the molecule is CCCNCCO[C@H]1CCC[C@@H](OCc2cccc(C)c2C(=O)OC)C1. The van der Waals surface area contributed by atoms with E-state index in [0.29, 0.717) is 12.2 Å². The van der Waals surface area contributed by atoms with Gasteiger partial charge < -0.3 is 19.5 Å². The Kier molecular flexibility index (Phi) is 9.09. The van der Waals surface area contributed by atoms with Gasteiger partial charge in [0.1, 0.15) is 0 Å². The van der Waals surface area contributed by atoms with E-state index >= 15 is 0 Å². The van der Waals surface area contributed by atoms with Gasteiger partial charge in [-0.1, -0.05) is 25.1 Å². The van der Waals surface area contributed by atoms with Crippen LogP contribution in [0.3, 0.4) is 0 Å². The molecular weight excluding hydrogens is 330 g/mol. The van der Waals surface area contributed by atoms with Gasteiger partial charge in [0.15, 0.2) is 0 Å². The number of hydrogen-bond acceptors (Lipinski definition) is 5. The lowest BCUT2D eigenvalue weighted by atomic mass is 9.94. The number of esters is 1. The van der Waals surface area contributed by atoms with Gasteiger partial charge in [-0.2, -0.15) is 0 Å². The van der Waals surface area contributed by atoms with Crippen LogP contribution in [-0.2, 0) is 20.8 Å². The fourth-order valence-electron chi connectivity index (χ4n) is 3.45. The van der Waals surface area contributed by atoms with E-state index in [1.165, 1.54) is 7.11 Å². The van der Waals surface area contributed by atoms with Gasteiger partial charge in [0.25, 0.3) is 0 Å². The van der Waals surface area contributed by atoms with Gasteiger partial charge in [0.05, 0.1) is 38.1 Å². The van der Waals surface area contributed by atoms with E-state index in [1.54, 1.807) is 0 Å². The molecule has 1 aromatic carbocycles. The molecule has 0 aliphatic heterocycles. The van der Waals surface area contributed by atoms with Crippen molar-refractivity contribution in [2.75, 3.05) is 26.8 Å². The molecule has 146 valence electrons. The monoisotopic (exact) mass is 363 g/mol. The average Bonchev–Trinajstić information content (AvgIpc) is 2.66. The summed E-state index contributed by atoms with van der Waals surface area (Å²) in [6.45, 7) is 7.22. The van der Waals surface area contributed by atoms with Gasteiger partial charge in [-0.3, -0.25) is 0 Å². The Morgan fingerprint density at radius 1 is 1.19 bits per heavy atom. The number of hydrogen-bond donors (Lipinski definition) is 1. The second-order valence-electron chi connectivity index (χ2n) is 6.94. The molecule has 0 saturated heterocycles. The van der Waals surface area contributed by atoms with Crippen molar-refractivity contribution in [2.24, 2.45) is 0 Å². The minimum Gasteiger partial charge on any atom is -0.465 e. The van der Waals surface area contributed by atoms with Crippen molar-refractivity contribution in [1.29, 1.82) is 0 Å². The Balaban J connectivity index is 1.82. The van der Waals surface area contributed by atoms with Crippen LogP contribution in [0.1, 0.15) is 60.5 Å². The third-order valence-corrected chi connectivity index (χ3v) is 4.86. The molecule has 0 amide bonds. The van der Waals surface area contributed by atoms with Crippen molar-refractivity contribution in [3.8, 4) is 0 Å². The second-order valence-corrected chi connectivity index (χ2v) is 6.94. The van der Waals surface area contributed by atoms with Gasteiger partial charge in [-0.05, 0) is 56.7 Å². The molecule has 5 heteroatoms. The topological polar surface area (TPSA) is 56.8 Å². The summed E-state index contributed by atoms with van der Waals surface area (Å²) < 4.78 is 17.0. The highest BCUT2D eigenvalue weighted by molar-refractivity contribution is 5.92. The van der Waals surface area contributed by atoms with E-state index in [9.17, 15) is 4.79 Å². The van der Waals surface area contributed by atoms with Gasteiger partial charge in [0.2, 0.25) is 0 Å². The van der Waals surface area contributed by atoms with E-state index in [1.807, 2.05) is 25.1 Å². The number of ether oxygens (including phenoxy) is 3. The third-order valence-electron chi connectivity index (χ3n) is 4.86. The minimum absolute atomic E-state index is 0.184. The molecular formula is C21H33NO4. The summed E-state index contributed by atoms with van der Waals surface area (Å²) in [6.07, 6.45) is 5.80. The van der Waals surface area contributed by atoms with Gasteiger partial charge in [0, 0.05) is 6.54 Å². The molecule has 0 aromatic heterocycles. The van der Waals surface area contributed by atoms with Crippen LogP contribution in [0.25, 0.3) is 0 Å². The summed E-state index contributed by atoms with van der Waals surface area (Å²) in [5.74, 6) is -0.300. The lowest BCUT2D eigenvalue weighted by Crippen LogP contribution is -2.30. The molecule has 1 N–H and O–H groups in total. The zero-order valence-electron chi connectivity index (χ0n) is 16.4. The van der Waals surface area contributed by atoms with E-state index in [4.69, 9.17) is 14.2 Å². The number of carbonyl (C=O) groups excluding carboxylic acids is 1. The quantitative estimate of drug-likeness (QED) is 0.508. The smallest absolute Gasteiger partial charge is 0.338 e. The number of rotatable bonds is 10. The molecule has 2 atom stereocenters. The molecule has 0 heterocycles. The molecule has 1 saturated carbocycles. The molecule has 26 heavy (non-hydrogen) atoms. The normalized spacial score (nSPS) is 20.1. The third kappa shape index (κ3) is 6.38. The Morgan fingerprint density at radius 2 is 1.96 bits per heavy atom. The Bertz CT molecular complexity index is 561. The predicted molar refractivity (Wildman–Crippen MR) is 102 cm³/mol. The zero-order chi connectivity index (χ0) is 18.8. The van der Waals surface area contributed by atoms with Crippen molar-refractivity contribution in [2.45, 2.75) is 64.8 Å². The number of aryl methyl sites for hydroxylation is 1. The fraction of sp³-hybridized carbons (Fsp3) is 0.667. The van der Waals surface area contributed by atoms with E-state index < -0.39 is 0 Å². The fourth-order valence-corrected chi connectivity index (χ4v) is 3.45. The molecule has 0 radical (unpaired) electrons. The van der Waals surface area contributed by atoms with Crippen molar-refractivity contribution in [3.05, 3.63) is 34.9 Å². The predicted octanol–water partition coefficient (Wildman–Crippen LogP) is 3.63. The summed E-state index contributed by atoms with van der Waals surface area (Å²) in [5.41, 5.74) is 2.44. The van der Waals surface area contributed by atoms with E-state index in [0.717, 1.165) is 62.9 Å². The molecule has 0 bridgehead atoms. The Labute approximate surface area is 157 Å². The van der Waals surface area contributed by atoms with Crippen LogP contribution in [0.4, 0.5) is 0 Å². The summed E-state index contributed by atoms with van der Waals surface area (Å²) in [6, 6.07) is 5.82. The second kappa shape index (κ2) is 11.3. The average molecular weight is 363 g/mol. The van der Waals surface area contributed by atoms with Gasteiger partial charge >= 0.3 is 5.97 Å². The van der Waals surface area contributed by atoms with Crippen LogP contribution in [0, 0.1) is 6.92 Å². The van der Waals surface area contributed by atoms with Crippen molar-refractivity contribution < 1.29 is 19.0 Å². The van der Waals surface area contributed by atoms with Crippen LogP contribution in [0.2, 0.25) is 0 Å². The van der Waals surface area contributed by atoms with Crippen molar-refractivity contribution in [1.82, 2.24) is 5.32 Å². The van der Waals surface area contributed by atoms with Crippen molar-refractivity contribution >= 4 is 5.97 Å². The van der Waals surface area contributed by atoms with Crippen LogP contribution >= 0.6 is 0 Å². The summed E-state index contributed by atoms with van der Waals surface area (Å²) in [7, 11) is 1.41. The minimum atomic E-state index is -0.300. The number of nitrogens with one attached hydrogen (secondary N) is 1. The Morgan fingerprint density at radius 3 is 2.69 bits per heavy atom. The Hall–Kier alpha value is -1.43. The van der Waals surface area contributed by atoms with Gasteiger partial charge in [-0.25, -0.2) is 4.79 Å². The molecule has 1 aliphatic rings. The highest BCUT2D eigenvalue weighted by Gasteiger charge is 2.24. The van der Waals surface area contributed by atoms with Crippen LogP contribution in [-0.4, -0.2) is 45.0 Å². The largest absolute Gasteiger partial charge is 0.465 e.